The fourth-order valence-corrected chi connectivity index (χ4v) is 4.75. The molecule has 9 heteroatoms. The highest BCUT2D eigenvalue weighted by atomic mass is 79.9. The van der Waals surface area contributed by atoms with Crippen LogP contribution in [0, 0.1) is 0 Å². The van der Waals surface area contributed by atoms with Crippen LogP contribution in [-0.4, -0.2) is 56.6 Å². The average Bonchev–Trinajstić information content (AvgIpc) is 2.74. The molecule has 0 fully saturated rings. The molecular formula is C24H32BrN3O4S. The van der Waals surface area contributed by atoms with Crippen molar-refractivity contribution in [1.29, 1.82) is 0 Å². The molecule has 0 heterocycles. The molecule has 2 aromatic carbocycles. The molecule has 7 nitrogen and oxygen atoms in total. The predicted molar refractivity (Wildman–Crippen MR) is 136 cm³/mol. The van der Waals surface area contributed by atoms with Crippen LogP contribution < -0.4 is 9.62 Å². The summed E-state index contributed by atoms with van der Waals surface area (Å²) in [5.41, 5.74) is 1.41. The summed E-state index contributed by atoms with van der Waals surface area (Å²) in [5, 5.41) is 2.88. The number of hydrogen-bond donors (Lipinski definition) is 1. The standard InChI is InChI=1S/C24H32BrN3O4S/c1-5-22(24(30)26-18(2)3)27(15-14-19-10-7-6-8-11-19)23(29)17-28(33(4,31)32)21-13-9-12-20(25)16-21/h6-13,16,18,22H,5,14-15,17H2,1-4H3,(H,26,30)/t22-/m0/s1. The van der Waals surface area contributed by atoms with Gasteiger partial charge in [0.1, 0.15) is 12.6 Å². The molecule has 2 amide bonds. The third kappa shape index (κ3) is 8.16. The van der Waals surface area contributed by atoms with E-state index in [1.165, 1.54) is 4.90 Å². The Morgan fingerprint density at radius 2 is 1.73 bits per heavy atom. The number of nitrogens with zero attached hydrogens (tertiary/aromatic N) is 2. The number of benzene rings is 2. The molecule has 33 heavy (non-hydrogen) atoms. The molecule has 1 N–H and O–H groups in total. The van der Waals surface area contributed by atoms with Gasteiger partial charge in [-0.2, -0.15) is 0 Å². The molecule has 1 atom stereocenters. The minimum Gasteiger partial charge on any atom is -0.352 e. The quantitative estimate of drug-likeness (QED) is 0.474. The first-order valence-electron chi connectivity index (χ1n) is 10.9. The van der Waals surface area contributed by atoms with Gasteiger partial charge < -0.3 is 10.2 Å². The van der Waals surface area contributed by atoms with Crippen LogP contribution in [0.15, 0.2) is 59.1 Å². The lowest BCUT2D eigenvalue weighted by molar-refractivity contribution is -0.139. The number of anilines is 1. The number of amides is 2. The second-order valence-corrected chi connectivity index (χ2v) is 11.0. The van der Waals surface area contributed by atoms with Gasteiger partial charge in [0, 0.05) is 17.1 Å². The van der Waals surface area contributed by atoms with Gasteiger partial charge in [0.25, 0.3) is 0 Å². The van der Waals surface area contributed by atoms with Crippen molar-refractivity contribution >= 4 is 43.5 Å². The van der Waals surface area contributed by atoms with Gasteiger partial charge in [0.15, 0.2) is 0 Å². The van der Waals surface area contributed by atoms with E-state index in [-0.39, 0.29) is 11.9 Å². The van der Waals surface area contributed by atoms with Crippen molar-refractivity contribution in [2.75, 3.05) is 23.7 Å². The number of hydrogen-bond acceptors (Lipinski definition) is 4. The molecule has 0 aliphatic carbocycles. The SMILES string of the molecule is CC[C@@H](C(=O)NC(C)C)N(CCc1ccccc1)C(=O)CN(c1cccc(Br)c1)S(C)(=O)=O. The zero-order valence-corrected chi connectivity index (χ0v) is 21.9. The molecule has 0 unspecified atom stereocenters. The smallest absolute Gasteiger partial charge is 0.244 e. The Morgan fingerprint density at radius 1 is 1.06 bits per heavy atom. The van der Waals surface area contributed by atoms with E-state index in [1.54, 1.807) is 24.3 Å². The lowest BCUT2D eigenvalue weighted by atomic mass is 10.1. The summed E-state index contributed by atoms with van der Waals surface area (Å²) >= 11 is 3.35. The van der Waals surface area contributed by atoms with Crippen LogP contribution in [0.25, 0.3) is 0 Å². The first-order chi connectivity index (χ1) is 15.5. The summed E-state index contributed by atoms with van der Waals surface area (Å²) in [5.74, 6) is -0.677. The maximum absolute atomic E-state index is 13.5. The molecule has 0 saturated heterocycles. The Kier molecular flexibility index (Phi) is 9.91. The average molecular weight is 539 g/mol. The van der Waals surface area contributed by atoms with Gasteiger partial charge in [-0.3, -0.25) is 13.9 Å². The van der Waals surface area contributed by atoms with Gasteiger partial charge in [-0.15, -0.1) is 0 Å². The van der Waals surface area contributed by atoms with Crippen molar-refractivity contribution in [3.8, 4) is 0 Å². The van der Waals surface area contributed by atoms with E-state index < -0.39 is 28.5 Å². The molecule has 0 aromatic heterocycles. The van der Waals surface area contributed by atoms with E-state index >= 15 is 0 Å². The topological polar surface area (TPSA) is 86.8 Å². The van der Waals surface area contributed by atoms with Crippen LogP contribution >= 0.6 is 15.9 Å². The highest BCUT2D eigenvalue weighted by Gasteiger charge is 2.31. The lowest BCUT2D eigenvalue weighted by Crippen LogP contribution is -2.54. The Hall–Kier alpha value is -2.39. The maximum atomic E-state index is 13.5. The molecule has 0 saturated carbocycles. The first-order valence-corrected chi connectivity index (χ1v) is 13.5. The fourth-order valence-electron chi connectivity index (χ4n) is 3.52. The third-order valence-corrected chi connectivity index (χ3v) is 6.71. The molecule has 0 spiro atoms. The summed E-state index contributed by atoms with van der Waals surface area (Å²) in [7, 11) is -3.74. The Morgan fingerprint density at radius 3 is 2.27 bits per heavy atom. The molecule has 2 aromatic rings. The number of sulfonamides is 1. The van der Waals surface area contributed by atoms with Gasteiger partial charge >= 0.3 is 0 Å². The summed E-state index contributed by atoms with van der Waals surface area (Å²) in [4.78, 5) is 27.9. The zero-order chi connectivity index (χ0) is 24.6. The van der Waals surface area contributed by atoms with E-state index in [4.69, 9.17) is 0 Å². The van der Waals surface area contributed by atoms with E-state index in [0.29, 0.717) is 29.5 Å². The Bertz CT molecular complexity index is 1040. The van der Waals surface area contributed by atoms with Crippen molar-refractivity contribution in [3.63, 3.8) is 0 Å². The fraction of sp³-hybridized carbons (Fsp3) is 0.417. The lowest BCUT2D eigenvalue weighted by Gasteiger charge is -2.33. The van der Waals surface area contributed by atoms with E-state index in [1.807, 2.05) is 51.1 Å². The van der Waals surface area contributed by atoms with Gasteiger partial charge in [0.05, 0.1) is 11.9 Å². The number of nitrogens with one attached hydrogen (secondary N) is 1. The summed E-state index contributed by atoms with van der Waals surface area (Å²) < 4.78 is 26.9. The minimum atomic E-state index is -3.74. The molecular weight excluding hydrogens is 506 g/mol. The van der Waals surface area contributed by atoms with Gasteiger partial charge in [-0.05, 0) is 50.5 Å². The Labute approximate surface area is 205 Å². The van der Waals surface area contributed by atoms with Crippen molar-refractivity contribution < 1.29 is 18.0 Å². The molecule has 0 bridgehead atoms. The summed E-state index contributed by atoms with van der Waals surface area (Å²) in [6.07, 6.45) is 2.03. The molecule has 2 rings (SSSR count). The largest absolute Gasteiger partial charge is 0.352 e. The number of carbonyl (C=O) groups is 2. The van der Waals surface area contributed by atoms with Crippen LogP contribution in [-0.2, 0) is 26.0 Å². The van der Waals surface area contributed by atoms with E-state index in [9.17, 15) is 18.0 Å². The summed E-state index contributed by atoms with van der Waals surface area (Å²) in [6, 6.07) is 15.7. The first kappa shape index (κ1) is 26.9. The molecule has 0 aliphatic heterocycles. The van der Waals surface area contributed by atoms with Crippen molar-refractivity contribution in [1.82, 2.24) is 10.2 Å². The Balaban J connectivity index is 2.36. The second kappa shape index (κ2) is 12.2. The highest BCUT2D eigenvalue weighted by Crippen LogP contribution is 2.23. The predicted octanol–water partition coefficient (Wildman–Crippen LogP) is 3.59. The van der Waals surface area contributed by atoms with Gasteiger partial charge in [-0.1, -0.05) is 59.3 Å². The van der Waals surface area contributed by atoms with E-state index in [2.05, 4.69) is 21.2 Å². The summed E-state index contributed by atoms with van der Waals surface area (Å²) in [6.45, 7) is 5.47. The van der Waals surface area contributed by atoms with Crippen molar-refractivity contribution in [2.45, 2.75) is 45.7 Å². The van der Waals surface area contributed by atoms with Gasteiger partial charge in [-0.25, -0.2) is 8.42 Å². The number of halogens is 1. The third-order valence-electron chi connectivity index (χ3n) is 5.08. The minimum absolute atomic E-state index is 0.0770. The maximum Gasteiger partial charge on any atom is 0.244 e. The molecule has 0 aliphatic rings. The van der Waals surface area contributed by atoms with E-state index in [0.717, 1.165) is 16.1 Å². The van der Waals surface area contributed by atoms with Crippen molar-refractivity contribution in [2.24, 2.45) is 0 Å². The second-order valence-electron chi connectivity index (χ2n) is 8.16. The highest BCUT2D eigenvalue weighted by molar-refractivity contribution is 9.10. The number of carbonyl (C=O) groups excluding carboxylic acids is 2. The van der Waals surface area contributed by atoms with Crippen LogP contribution in [0.2, 0.25) is 0 Å². The zero-order valence-electron chi connectivity index (χ0n) is 19.5. The van der Waals surface area contributed by atoms with Crippen LogP contribution in [0.4, 0.5) is 5.69 Å². The van der Waals surface area contributed by atoms with Crippen LogP contribution in [0.5, 0.6) is 0 Å². The molecule has 0 radical (unpaired) electrons. The monoisotopic (exact) mass is 537 g/mol. The molecule has 180 valence electrons. The number of rotatable bonds is 11. The normalized spacial score (nSPS) is 12.3. The van der Waals surface area contributed by atoms with Crippen LogP contribution in [0.1, 0.15) is 32.8 Å². The van der Waals surface area contributed by atoms with Crippen LogP contribution in [0.3, 0.4) is 0 Å². The van der Waals surface area contributed by atoms with Gasteiger partial charge in [0.2, 0.25) is 21.8 Å². The van der Waals surface area contributed by atoms with Crippen molar-refractivity contribution in [3.05, 3.63) is 64.6 Å².